The molecule has 1 amide bonds. The Hall–Kier alpha value is -3.10. The van der Waals surface area contributed by atoms with E-state index in [1.54, 1.807) is 44.6 Å². The van der Waals surface area contributed by atoms with Crippen LogP contribution in [0, 0.1) is 0 Å². The van der Waals surface area contributed by atoms with E-state index in [2.05, 4.69) is 16.2 Å². The van der Waals surface area contributed by atoms with E-state index < -0.39 is 12.0 Å². The number of rotatable bonds is 6. The molecule has 0 saturated carbocycles. The van der Waals surface area contributed by atoms with Gasteiger partial charge < -0.3 is 19.5 Å². The van der Waals surface area contributed by atoms with Crippen molar-refractivity contribution in [1.29, 1.82) is 0 Å². The predicted molar refractivity (Wildman–Crippen MR) is 103 cm³/mol. The van der Waals surface area contributed by atoms with Crippen molar-refractivity contribution in [2.75, 3.05) is 26.6 Å². The van der Waals surface area contributed by atoms with Gasteiger partial charge in [-0.3, -0.25) is 4.79 Å². The second kappa shape index (κ2) is 8.73. The van der Waals surface area contributed by atoms with Crippen molar-refractivity contribution in [3.8, 4) is 11.5 Å². The van der Waals surface area contributed by atoms with Gasteiger partial charge in [-0.2, -0.15) is 0 Å². The van der Waals surface area contributed by atoms with Crippen molar-refractivity contribution in [3.05, 3.63) is 53.6 Å². The number of para-hydroxylation sites is 1. The van der Waals surface area contributed by atoms with Crippen LogP contribution in [0.3, 0.4) is 0 Å². The third kappa shape index (κ3) is 4.08. The maximum absolute atomic E-state index is 12.7. The van der Waals surface area contributed by atoms with E-state index in [1.165, 1.54) is 7.11 Å². The second-order valence-corrected chi connectivity index (χ2v) is 6.26. The van der Waals surface area contributed by atoms with Crippen molar-refractivity contribution in [2.45, 2.75) is 18.5 Å². The van der Waals surface area contributed by atoms with Crippen LogP contribution in [0.2, 0.25) is 0 Å². The number of ether oxygens (including phenoxy) is 3. The lowest BCUT2D eigenvalue weighted by atomic mass is 10.0. The summed E-state index contributed by atoms with van der Waals surface area (Å²) >= 11 is 0. The van der Waals surface area contributed by atoms with Crippen LogP contribution < -0.4 is 25.6 Å². The van der Waals surface area contributed by atoms with Gasteiger partial charge in [-0.25, -0.2) is 15.6 Å². The predicted octanol–water partition coefficient (Wildman–Crippen LogP) is 2.04. The van der Waals surface area contributed by atoms with Gasteiger partial charge in [0.05, 0.1) is 38.6 Å². The Morgan fingerprint density at radius 1 is 1.04 bits per heavy atom. The summed E-state index contributed by atoms with van der Waals surface area (Å²) in [6, 6.07) is 11.7. The van der Waals surface area contributed by atoms with Crippen LogP contribution in [0.1, 0.15) is 28.4 Å². The number of benzene rings is 2. The fourth-order valence-electron chi connectivity index (χ4n) is 3.14. The zero-order chi connectivity index (χ0) is 20.1. The third-order valence-corrected chi connectivity index (χ3v) is 4.63. The fourth-order valence-corrected chi connectivity index (χ4v) is 3.14. The maximum Gasteiger partial charge on any atom is 0.339 e. The molecule has 2 aromatic carbocycles. The van der Waals surface area contributed by atoms with Crippen LogP contribution in [0.15, 0.2) is 42.5 Å². The van der Waals surface area contributed by atoms with E-state index in [0.717, 1.165) is 5.56 Å². The molecule has 3 N–H and O–H groups in total. The van der Waals surface area contributed by atoms with Gasteiger partial charge in [-0.15, -0.1) is 0 Å². The Balaban J connectivity index is 1.71. The van der Waals surface area contributed by atoms with Gasteiger partial charge in [0.1, 0.15) is 17.5 Å². The van der Waals surface area contributed by atoms with Crippen molar-refractivity contribution < 1.29 is 23.8 Å². The van der Waals surface area contributed by atoms with Gasteiger partial charge in [0.25, 0.3) is 0 Å². The van der Waals surface area contributed by atoms with Gasteiger partial charge in [0.2, 0.25) is 5.91 Å². The van der Waals surface area contributed by atoms with Crippen LogP contribution >= 0.6 is 0 Å². The topological polar surface area (TPSA) is 97.9 Å². The Kier molecular flexibility index (Phi) is 6.13. The highest BCUT2D eigenvalue weighted by Crippen LogP contribution is 2.33. The molecule has 2 unspecified atom stereocenters. The molecule has 0 spiro atoms. The highest BCUT2D eigenvalue weighted by Gasteiger charge is 2.32. The molecule has 2 aromatic rings. The first-order valence-electron chi connectivity index (χ1n) is 8.78. The second-order valence-electron chi connectivity index (χ2n) is 6.26. The van der Waals surface area contributed by atoms with E-state index >= 15 is 0 Å². The van der Waals surface area contributed by atoms with Crippen LogP contribution in [0.25, 0.3) is 0 Å². The Morgan fingerprint density at radius 3 is 2.54 bits per heavy atom. The number of anilines is 1. The zero-order valence-electron chi connectivity index (χ0n) is 15.9. The Bertz CT molecular complexity index is 871. The number of esters is 1. The molecule has 8 nitrogen and oxygen atoms in total. The molecule has 148 valence electrons. The minimum atomic E-state index is -0.505. The monoisotopic (exact) mass is 385 g/mol. The largest absolute Gasteiger partial charge is 0.497 e. The summed E-state index contributed by atoms with van der Waals surface area (Å²) in [6.07, 6.45) is 0.509. The van der Waals surface area contributed by atoms with E-state index in [4.69, 9.17) is 14.2 Å². The summed E-state index contributed by atoms with van der Waals surface area (Å²) in [5, 5.41) is 2.79. The SMILES string of the molecule is COC(=O)c1ccccc1NC(=O)C1CC(c2ccc(OC)cc2OC)NN1. The minimum Gasteiger partial charge on any atom is -0.497 e. The number of hydrazine groups is 1. The minimum absolute atomic E-state index is 0.118. The highest BCUT2D eigenvalue weighted by atomic mass is 16.5. The summed E-state index contributed by atoms with van der Waals surface area (Å²) < 4.78 is 15.4. The summed E-state index contributed by atoms with van der Waals surface area (Å²) in [6.45, 7) is 0. The third-order valence-electron chi connectivity index (χ3n) is 4.63. The molecule has 1 aliphatic rings. The molecule has 8 heteroatoms. The van der Waals surface area contributed by atoms with E-state index in [1.807, 2.05) is 12.1 Å². The van der Waals surface area contributed by atoms with Gasteiger partial charge in [0, 0.05) is 11.6 Å². The van der Waals surface area contributed by atoms with Crippen LogP contribution in [0.4, 0.5) is 5.69 Å². The van der Waals surface area contributed by atoms with Crippen LogP contribution in [-0.4, -0.2) is 39.2 Å². The summed E-state index contributed by atoms with van der Waals surface area (Å²) in [4.78, 5) is 24.6. The lowest BCUT2D eigenvalue weighted by Crippen LogP contribution is -2.39. The average Bonchev–Trinajstić information content (AvgIpc) is 3.23. The first-order chi connectivity index (χ1) is 13.6. The first kappa shape index (κ1) is 19.7. The Labute approximate surface area is 163 Å². The number of hydrogen-bond acceptors (Lipinski definition) is 7. The lowest BCUT2D eigenvalue weighted by molar-refractivity contribution is -0.117. The number of hydrogen-bond donors (Lipinski definition) is 3. The van der Waals surface area contributed by atoms with Gasteiger partial charge in [-0.05, 0) is 24.6 Å². The van der Waals surface area contributed by atoms with Gasteiger partial charge >= 0.3 is 5.97 Å². The molecule has 1 fully saturated rings. The molecule has 0 aromatic heterocycles. The molecule has 1 saturated heterocycles. The normalized spacial score (nSPS) is 18.4. The zero-order valence-corrected chi connectivity index (χ0v) is 15.9. The summed E-state index contributed by atoms with van der Waals surface area (Å²) in [5.74, 6) is 0.615. The smallest absolute Gasteiger partial charge is 0.339 e. The molecule has 3 rings (SSSR count). The van der Waals surface area contributed by atoms with Gasteiger partial charge in [-0.1, -0.05) is 18.2 Å². The molecule has 0 bridgehead atoms. The Morgan fingerprint density at radius 2 is 1.82 bits per heavy atom. The van der Waals surface area contributed by atoms with Crippen LogP contribution in [-0.2, 0) is 9.53 Å². The van der Waals surface area contributed by atoms with Crippen LogP contribution in [0.5, 0.6) is 11.5 Å². The number of nitrogens with one attached hydrogen (secondary N) is 3. The molecule has 1 heterocycles. The maximum atomic E-state index is 12.7. The molecule has 0 aliphatic carbocycles. The lowest BCUT2D eigenvalue weighted by Gasteiger charge is -2.15. The number of carbonyl (C=O) groups is 2. The van der Waals surface area contributed by atoms with E-state index in [-0.39, 0.29) is 11.9 Å². The first-order valence-corrected chi connectivity index (χ1v) is 8.78. The summed E-state index contributed by atoms with van der Waals surface area (Å²) in [5.41, 5.74) is 7.76. The molecule has 1 aliphatic heterocycles. The van der Waals surface area contributed by atoms with Crippen molar-refractivity contribution in [3.63, 3.8) is 0 Å². The highest BCUT2D eigenvalue weighted by molar-refractivity contribution is 6.02. The number of carbonyl (C=O) groups excluding carboxylic acids is 2. The molecular weight excluding hydrogens is 362 g/mol. The average molecular weight is 385 g/mol. The fraction of sp³-hybridized carbons (Fsp3) is 0.300. The molecule has 0 radical (unpaired) electrons. The number of methoxy groups -OCH3 is 3. The van der Waals surface area contributed by atoms with Gasteiger partial charge in [0.15, 0.2) is 0 Å². The summed E-state index contributed by atoms with van der Waals surface area (Å²) in [7, 11) is 4.49. The van der Waals surface area contributed by atoms with E-state index in [9.17, 15) is 9.59 Å². The molecular formula is C20H23N3O5. The molecule has 28 heavy (non-hydrogen) atoms. The van der Waals surface area contributed by atoms with Crippen molar-refractivity contribution >= 4 is 17.6 Å². The van der Waals surface area contributed by atoms with Crippen molar-refractivity contribution in [1.82, 2.24) is 10.9 Å². The standard InChI is InChI=1S/C20H23N3O5/c1-26-12-8-9-13(18(10-12)27-2)16-11-17(23-22-16)19(24)21-15-7-5-4-6-14(15)20(25)28-3/h4-10,16-17,22-23H,11H2,1-3H3,(H,21,24). The van der Waals surface area contributed by atoms with E-state index in [0.29, 0.717) is 29.2 Å². The molecule has 2 atom stereocenters. The number of amides is 1. The van der Waals surface area contributed by atoms with Crippen molar-refractivity contribution in [2.24, 2.45) is 0 Å². The quantitative estimate of drug-likeness (QED) is 0.655.